The minimum Gasteiger partial charge on any atom is -0.472 e. The first-order valence-electron chi connectivity index (χ1n) is 8.41. The molecule has 1 aliphatic heterocycles. The van der Waals surface area contributed by atoms with E-state index in [-0.39, 0.29) is 5.91 Å². The third kappa shape index (κ3) is 4.60. The van der Waals surface area contributed by atoms with Gasteiger partial charge in [-0.1, -0.05) is 49.1 Å². The number of nitrogens with zero attached hydrogens (tertiary/aromatic N) is 2. The minimum atomic E-state index is -0.210. The lowest BCUT2D eigenvalue weighted by Crippen LogP contribution is -2.35. The number of pyridine rings is 1. The molecular weight excluding hydrogens is 326 g/mol. The Labute approximate surface area is 153 Å². The molecule has 26 heavy (non-hydrogen) atoms. The van der Waals surface area contributed by atoms with Gasteiger partial charge >= 0.3 is 0 Å². The quantitative estimate of drug-likeness (QED) is 0.834. The number of hydrogen-bond acceptors (Lipinski definition) is 4. The largest absolute Gasteiger partial charge is 0.472 e. The fourth-order valence-electron chi connectivity index (χ4n) is 2.47. The van der Waals surface area contributed by atoms with Crippen LogP contribution >= 0.6 is 0 Å². The van der Waals surface area contributed by atoms with E-state index in [2.05, 4.69) is 16.9 Å². The topological polar surface area (TPSA) is 54.5 Å². The molecule has 3 rings (SSSR count). The molecule has 0 spiro atoms. The maximum Gasteiger partial charge on any atom is 0.258 e. The zero-order chi connectivity index (χ0) is 18.2. The van der Waals surface area contributed by atoms with E-state index in [0.29, 0.717) is 24.7 Å². The van der Waals surface area contributed by atoms with Crippen LogP contribution in [-0.2, 0) is 6.61 Å². The fourth-order valence-corrected chi connectivity index (χ4v) is 2.47. The van der Waals surface area contributed by atoms with Crippen LogP contribution in [-0.4, -0.2) is 29.0 Å². The number of carbonyl (C=O) groups excluding carboxylic acids is 1. The van der Waals surface area contributed by atoms with Crippen LogP contribution in [0.1, 0.15) is 21.5 Å². The van der Waals surface area contributed by atoms with Gasteiger partial charge < -0.3 is 15.0 Å². The van der Waals surface area contributed by atoms with Crippen molar-refractivity contribution in [3.63, 3.8) is 0 Å². The van der Waals surface area contributed by atoms with Gasteiger partial charge in [-0.2, -0.15) is 0 Å². The smallest absolute Gasteiger partial charge is 0.258 e. The molecule has 1 aromatic heterocycles. The highest BCUT2D eigenvalue weighted by molar-refractivity contribution is 5.96. The number of ether oxygens (including phenoxy) is 1. The average molecular weight is 347 g/mol. The first kappa shape index (κ1) is 17.5. The summed E-state index contributed by atoms with van der Waals surface area (Å²) in [5.41, 5.74) is 2.47. The maximum atomic E-state index is 12.5. The van der Waals surface area contributed by atoms with Crippen LogP contribution in [0.4, 0.5) is 0 Å². The van der Waals surface area contributed by atoms with Gasteiger partial charge in [0.2, 0.25) is 5.88 Å². The van der Waals surface area contributed by atoms with E-state index in [0.717, 1.165) is 17.7 Å². The second kappa shape index (κ2) is 8.67. The predicted molar refractivity (Wildman–Crippen MR) is 102 cm³/mol. The standard InChI is InChI=1S/C21H21N3O2/c1-2-17-8-10-18(11-9-17)15-26-21-19(7-6-12-22-21)20(25)23-16-24-13-4-3-5-14-24/h2-13H,1,14-16H2,(H,23,25). The average Bonchev–Trinajstić information content (AvgIpc) is 2.72. The molecule has 2 heterocycles. The zero-order valence-electron chi connectivity index (χ0n) is 14.5. The van der Waals surface area contributed by atoms with E-state index in [1.807, 2.05) is 53.6 Å². The van der Waals surface area contributed by atoms with E-state index in [1.54, 1.807) is 24.4 Å². The molecule has 0 bridgehead atoms. The summed E-state index contributed by atoms with van der Waals surface area (Å²) in [5, 5.41) is 2.89. The second-order valence-electron chi connectivity index (χ2n) is 5.80. The van der Waals surface area contributed by atoms with Crippen molar-refractivity contribution in [2.75, 3.05) is 13.2 Å². The lowest BCUT2D eigenvalue weighted by molar-refractivity contribution is 0.0931. The van der Waals surface area contributed by atoms with Gasteiger partial charge in [0.05, 0.1) is 6.67 Å². The fraction of sp³-hybridized carbons (Fsp3) is 0.143. The van der Waals surface area contributed by atoms with Crippen LogP contribution in [0, 0.1) is 0 Å². The molecule has 5 nitrogen and oxygen atoms in total. The Morgan fingerprint density at radius 2 is 2.12 bits per heavy atom. The van der Waals surface area contributed by atoms with Crippen molar-refractivity contribution < 1.29 is 9.53 Å². The predicted octanol–water partition coefficient (Wildman–Crippen LogP) is 3.38. The normalized spacial score (nSPS) is 12.7. The Bertz CT molecular complexity index is 825. The van der Waals surface area contributed by atoms with Gasteiger partial charge in [0, 0.05) is 18.9 Å². The van der Waals surface area contributed by atoms with Crippen molar-refractivity contribution in [3.8, 4) is 5.88 Å². The summed E-state index contributed by atoms with van der Waals surface area (Å²) in [6.07, 6.45) is 11.3. The summed E-state index contributed by atoms with van der Waals surface area (Å²) in [6.45, 7) is 5.28. The highest BCUT2D eigenvalue weighted by Gasteiger charge is 2.14. The molecule has 0 fully saturated rings. The zero-order valence-corrected chi connectivity index (χ0v) is 14.5. The molecule has 0 saturated heterocycles. The van der Waals surface area contributed by atoms with Crippen LogP contribution < -0.4 is 10.1 Å². The lowest BCUT2D eigenvalue weighted by atomic mass is 10.1. The van der Waals surface area contributed by atoms with Gasteiger partial charge in [-0.3, -0.25) is 4.79 Å². The SMILES string of the molecule is C=Cc1ccc(COc2ncccc2C(=O)NCN2C=CC=CC2)cc1. The number of nitrogens with one attached hydrogen (secondary N) is 1. The summed E-state index contributed by atoms with van der Waals surface area (Å²) in [6, 6.07) is 11.3. The number of carbonyl (C=O) groups is 1. The summed E-state index contributed by atoms with van der Waals surface area (Å²) < 4.78 is 5.77. The third-order valence-corrected chi connectivity index (χ3v) is 3.93. The van der Waals surface area contributed by atoms with Gasteiger partial charge in [0.25, 0.3) is 5.91 Å². The first-order valence-corrected chi connectivity index (χ1v) is 8.41. The number of rotatable bonds is 7. The Morgan fingerprint density at radius 3 is 2.85 bits per heavy atom. The second-order valence-corrected chi connectivity index (χ2v) is 5.80. The van der Waals surface area contributed by atoms with Crippen LogP contribution in [0.15, 0.2) is 73.6 Å². The Morgan fingerprint density at radius 1 is 1.27 bits per heavy atom. The van der Waals surface area contributed by atoms with Crippen molar-refractivity contribution >= 4 is 12.0 Å². The Balaban J connectivity index is 1.61. The molecule has 0 radical (unpaired) electrons. The molecule has 0 atom stereocenters. The molecule has 1 N–H and O–H groups in total. The molecule has 0 aliphatic carbocycles. The van der Waals surface area contributed by atoms with E-state index in [4.69, 9.17) is 4.74 Å². The number of aromatic nitrogens is 1. The number of amides is 1. The number of allylic oxidation sites excluding steroid dienone is 2. The molecule has 0 unspecified atom stereocenters. The molecular formula is C21H21N3O2. The van der Waals surface area contributed by atoms with Crippen molar-refractivity contribution in [2.45, 2.75) is 6.61 Å². The van der Waals surface area contributed by atoms with Crippen molar-refractivity contribution in [3.05, 3.63) is 90.3 Å². The van der Waals surface area contributed by atoms with Crippen LogP contribution in [0.5, 0.6) is 5.88 Å². The van der Waals surface area contributed by atoms with E-state index < -0.39 is 0 Å². The molecule has 132 valence electrons. The van der Waals surface area contributed by atoms with E-state index in [9.17, 15) is 4.79 Å². The first-order chi connectivity index (χ1) is 12.8. The van der Waals surface area contributed by atoms with E-state index >= 15 is 0 Å². The van der Waals surface area contributed by atoms with E-state index in [1.165, 1.54) is 0 Å². The van der Waals surface area contributed by atoms with Gasteiger partial charge in [0.15, 0.2) is 0 Å². The van der Waals surface area contributed by atoms with Crippen LogP contribution in [0.2, 0.25) is 0 Å². The number of hydrogen-bond donors (Lipinski definition) is 1. The van der Waals surface area contributed by atoms with Crippen molar-refractivity contribution in [1.29, 1.82) is 0 Å². The molecule has 1 aromatic carbocycles. The molecule has 0 saturated carbocycles. The highest BCUT2D eigenvalue weighted by atomic mass is 16.5. The summed E-state index contributed by atoms with van der Waals surface area (Å²) >= 11 is 0. The summed E-state index contributed by atoms with van der Waals surface area (Å²) in [4.78, 5) is 18.7. The van der Waals surface area contributed by atoms with Gasteiger partial charge in [-0.05, 0) is 29.3 Å². The number of benzene rings is 1. The summed E-state index contributed by atoms with van der Waals surface area (Å²) in [5.74, 6) is 0.116. The van der Waals surface area contributed by atoms with Crippen molar-refractivity contribution in [1.82, 2.24) is 15.2 Å². The maximum absolute atomic E-state index is 12.5. The van der Waals surface area contributed by atoms with Gasteiger partial charge in [-0.15, -0.1) is 0 Å². The molecule has 5 heteroatoms. The van der Waals surface area contributed by atoms with Gasteiger partial charge in [0.1, 0.15) is 12.2 Å². The summed E-state index contributed by atoms with van der Waals surface area (Å²) in [7, 11) is 0. The van der Waals surface area contributed by atoms with Gasteiger partial charge in [-0.25, -0.2) is 4.98 Å². The molecule has 1 aliphatic rings. The Hall–Kier alpha value is -3.34. The van der Waals surface area contributed by atoms with Crippen LogP contribution in [0.25, 0.3) is 6.08 Å². The minimum absolute atomic E-state index is 0.210. The lowest BCUT2D eigenvalue weighted by Gasteiger charge is -2.21. The Kier molecular flexibility index (Phi) is 5.83. The van der Waals surface area contributed by atoms with Crippen molar-refractivity contribution in [2.24, 2.45) is 0 Å². The monoisotopic (exact) mass is 347 g/mol. The third-order valence-electron chi connectivity index (χ3n) is 3.93. The highest BCUT2D eigenvalue weighted by Crippen LogP contribution is 2.16. The molecule has 1 amide bonds. The molecule has 2 aromatic rings. The van der Waals surface area contributed by atoms with Crippen LogP contribution in [0.3, 0.4) is 0 Å².